The Kier molecular flexibility index (Phi) is 5.03. The number of piperazine rings is 1. The first-order chi connectivity index (χ1) is 8.70. The third kappa shape index (κ3) is 3.46. The minimum Gasteiger partial charge on any atom is -0.368 e. The number of likely N-dealkylation sites (N-methyl/N-ethyl adjacent to an activating group) is 2. The highest BCUT2D eigenvalue weighted by atomic mass is 79.9. The van der Waals surface area contributed by atoms with Crippen molar-refractivity contribution in [3.63, 3.8) is 0 Å². The molecule has 1 aromatic rings. The van der Waals surface area contributed by atoms with Crippen molar-refractivity contribution in [3.05, 3.63) is 28.2 Å². The molecule has 1 fully saturated rings. The van der Waals surface area contributed by atoms with Crippen molar-refractivity contribution in [2.75, 3.05) is 51.7 Å². The maximum atomic E-state index is 3.71. The van der Waals surface area contributed by atoms with Crippen molar-refractivity contribution >= 4 is 21.6 Å². The second-order valence-corrected chi connectivity index (χ2v) is 5.78. The molecule has 0 saturated carbocycles. The zero-order valence-corrected chi connectivity index (χ0v) is 12.8. The number of nitrogens with zero attached hydrogens (tertiary/aromatic N) is 2. The van der Waals surface area contributed by atoms with Crippen molar-refractivity contribution < 1.29 is 0 Å². The van der Waals surface area contributed by atoms with Gasteiger partial charge in [0.1, 0.15) is 0 Å². The minimum atomic E-state index is 1.03. The molecule has 1 aliphatic heterocycles. The third-order valence-electron chi connectivity index (χ3n) is 3.52. The lowest BCUT2D eigenvalue weighted by Crippen LogP contribution is -2.44. The summed E-state index contributed by atoms with van der Waals surface area (Å²) in [5.74, 6) is 0. The maximum absolute atomic E-state index is 3.71. The Morgan fingerprint density at radius 2 is 1.94 bits per heavy atom. The summed E-state index contributed by atoms with van der Waals surface area (Å²) in [4.78, 5) is 4.84. The monoisotopic (exact) mass is 311 g/mol. The average molecular weight is 312 g/mol. The first-order valence-corrected chi connectivity index (χ1v) is 7.36. The van der Waals surface area contributed by atoms with Crippen molar-refractivity contribution in [2.24, 2.45) is 0 Å². The van der Waals surface area contributed by atoms with E-state index in [0.717, 1.165) is 39.1 Å². The fraction of sp³-hybridized carbons (Fsp3) is 0.571. The van der Waals surface area contributed by atoms with Gasteiger partial charge in [-0.2, -0.15) is 0 Å². The van der Waals surface area contributed by atoms with Crippen LogP contribution in [-0.2, 0) is 6.42 Å². The molecule has 18 heavy (non-hydrogen) atoms. The molecular formula is C14H22BrN3. The lowest BCUT2D eigenvalue weighted by Gasteiger charge is -2.34. The molecule has 4 heteroatoms. The van der Waals surface area contributed by atoms with Gasteiger partial charge in [-0.3, -0.25) is 0 Å². The zero-order chi connectivity index (χ0) is 13.0. The summed E-state index contributed by atoms with van der Waals surface area (Å²) in [5.41, 5.74) is 2.71. The van der Waals surface area contributed by atoms with E-state index in [0.29, 0.717) is 0 Å². The normalized spacial score (nSPS) is 17.2. The molecule has 0 aliphatic carbocycles. The van der Waals surface area contributed by atoms with Crippen molar-refractivity contribution in [2.45, 2.75) is 6.42 Å². The van der Waals surface area contributed by atoms with E-state index < -0.39 is 0 Å². The summed E-state index contributed by atoms with van der Waals surface area (Å²) in [5, 5.41) is 3.19. The Hall–Kier alpha value is -0.580. The third-order valence-corrected chi connectivity index (χ3v) is 4.15. The Balaban J connectivity index is 2.05. The van der Waals surface area contributed by atoms with E-state index in [2.05, 4.69) is 56.3 Å². The molecule has 1 aromatic carbocycles. The topological polar surface area (TPSA) is 18.5 Å². The van der Waals surface area contributed by atoms with Gasteiger partial charge in [0.15, 0.2) is 0 Å². The van der Waals surface area contributed by atoms with Gasteiger partial charge in [0.25, 0.3) is 0 Å². The molecule has 1 aliphatic rings. The molecule has 1 N–H and O–H groups in total. The largest absolute Gasteiger partial charge is 0.368 e. The van der Waals surface area contributed by atoms with Crippen LogP contribution in [0.4, 0.5) is 5.69 Å². The summed E-state index contributed by atoms with van der Waals surface area (Å²) < 4.78 is 1.22. The number of halogens is 1. The summed E-state index contributed by atoms with van der Waals surface area (Å²) in [6.07, 6.45) is 1.08. The second-order valence-electron chi connectivity index (χ2n) is 4.93. The molecule has 1 heterocycles. The Morgan fingerprint density at radius 3 is 2.56 bits per heavy atom. The fourth-order valence-corrected chi connectivity index (χ4v) is 2.96. The number of hydrogen-bond acceptors (Lipinski definition) is 3. The quantitative estimate of drug-likeness (QED) is 0.917. The van der Waals surface area contributed by atoms with Gasteiger partial charge in [-0.1, -0.05) is 6.07 Å². The van der Waals surface area contributed by atoms with Crippen LogP contribution in [0.1, 0.15) is 5.56 Å². The van der Waals surface area contributed by atoms with Gasteiger partial charge in [0, 0.05) is 30.7 Å². The maximum Gasteiger partial charge on any atom is 0.0511 e. The van der Waals surface area contributed by atoms with Crippen LogP contribution in [0.2, 0.25) is 0 Å². The molecule has 3 nitrogen and oxygen atoms in total. The predicted octanol–water partition coefficient (Wildman–Crippen LogP) is 1.96. The highest BCUT2D eigenvalue weighted by Gasteiger charge is 2.16. The molecule has 0 spiro atoms. The van der Waals surface area contributed by atoms with Crippen LogP contribution in [0.3, 0.4) is 0 Å². The lowest BCUT2D eigenvalue weighted by atomic mass is 10.1. The van der Waals surface area contributed by atoms with Gasteiger partial charge < -0.3 is 15.1 Å². The van der Waals surface area contributed by atoms with Crippen LogP contribution in [0, 0.1) is 0 Å². The van der Waals surface area contributed by atoms with Crippen LogP contribution in [0.25, 0.3) is 0 Å². The van der Waals surface area contributed by atoms with Gasteiger partial charge in [-0.05, 0) is 60.7 Å². The molecule has 100 valence electrons. The van der Waals surface area contributed by atoms with Crippen LogP contribution in [0.15, 0.2) is 22.7 Å². The van der Waals surface area contributed by atoms with E-state index in [9.17, 15) is 0 Å². The van der Waals surface area contributed by atoms with E-state index in [1.807, 2.05) is 7.05 Å². The molecule has 2 rings (SSSR count). The van der Waals surface area contributed by atoms with E-state index in [-0.39, 0.29) is 0 Å². The van der Waals surface area contributed by atoms with Gasteiger partial charge in [0.05, 0.1) is 5.69 Å². The van der Waals surface area contributed by atoms with Gasteiger partial charge in [-0.25, -0.2) is 0 Å². The van der Waals surface area contributed by atoms with Crippen molar-refractivity contribution in [3.8, 4) is 0 Å². The number of anilines is 1. The van der Waals surface area contributed by atoms with Crippen LogP contribution < -0.4 is 10.2 Å². The first-order valence-electron chi connectivity index (χ1n) is 6.57. The summed E-state index contributed by atoms with van der Waals surface area (Å²) >= 11 is 3.71. The zero-order valence-electron chi connectivity index (χ0n) is 11.2. The molecule has 0 aromatic heterocycles. The lowest BCUT2D eigenvalue weighted by molar-refractivity contribution is 0.312. The van der Waals surface area contributed by atoms with Crippen molar-refractivity contribution in [1.29, 1.82) is 0 Å². The van der Waals surface area contributed by atoms with Gasteiger partial charge in [-0.15, -0.1) is 0 Å². The van der Waals surface area contributed by atoms with Gasteiger partial charge >= 0.3 is 0 Å². The van der Waals surface area contributed by atoms with E-state index >= 15 is 0 Å². The molecular weight excluding hydrogens is 290 g/mol. The standard InChI is InChI=1S/C14H22BrN3/c1-16-6-5-12-3-4-14(13(15)11-12)18-9-7-17(2)8-10-18/h3-4,11,16H,5-10H2,1-2H3. The summed E-state index contributed by atoms with van der Waals surface area (Å²) in [6, 6.07) is 6.75. The average Bonchev–Trinajstić information content (AvgIpc) is 2.38. The molecule has 0 unspecified atom stereocenters. The highest BCUT2D eigenvalue weighted by Crippen LogP contribution is 2.28. The van der Waals surface area contributed by atoms with Crippen molar-refractivity contribution in [1.82, 2.24) is 10.2 Å². The SMILES string of the molecule is CNCCc1ccc(N2CCN(C)CC2)c(Br)c1. The Morgan fingerprint density at radius 1 is 1.22 bits per heavy atom. The molecule has 0 bridgehead atoms. The highest BCUT2D eigenvalue weighted by molar-refractivity contribution is 9.10. The second kappa shape index (κ2) is 6.55. The van der Waals surface area contributed by atoms with E-state index in [4.69, 9.17) is 0 Å². The molecule has 1 saturated heterocycles. The van der Waals surface area contributed by atoms with Crippen LogP contribution in [-0.4, -0.2) is 51.7 Å². The predicted molar refractivity (Wildman–Crippen MR) is 81.5 cm³/mol. The first kappa shape index (κ1) is 13.8. The van der Waals surface area contributed by atoms with Crippen LogP contribution >= 0.6 is 15.9 Å². The molecule has 0 atom stereocenters. The number of rotatable bonds is 4. The minimum absolute atomic E-state index is 1.03. The number of nitrogens with one attached hydrogen (secondary N) is 1. The van der Waals surface area contributed by atoms with E-state index in [1.54, 1.807) is 0 Å². The summed E-state index contributed by atoms with van der Waals surface area (Å²) in [7, 11) is 4.18. The van der Waals surface area contributed by atoms with Crippen LogP contribution in [0.5, 0.6) is 0 Å². The Bertz CT molecular complexity index is 387. The molecule has 0 amide bonds. The van der Waals surface area contributed by atoms with Gasteiger partial charge in [0.2, 0.25) is 0 Å². The molecule has 0 radical (unpaired) electrons. The smallest absolute Gasteiger partial charge is 0.0511 e. The number of hydrogen-bond donors (Lipinski definition) is 1. The number of benzene rings is 1. The fourth-order valence-electron chi connectivity index (χ4n) is 2.28. The summed E-state index contributed by atoms with van der Waals surface area (Å²) in [6.45, 7) is 5.55. The van der Waals surface area contributed by atoms with E-state index in [1.165, 1.54) is 15.7 Å². The Labute approximate surface area is 118 Å².